The van der Waals surface area contributed by atoms with Gasteiger partial charge in [0, 0.05) is 28.9 Å². The van der Waals surface area contributed by atoms with Gasteiger partial charge in [-0.15, -0.1) is 11.8 Å². The molecule has 0 spiro atoms. The zero-order chi connectivity index (χ0) is 20.1. The number of ether oxygens (including phenoxy) is 2. The number of carbonyl (C=O) groups excluding carboxylic acids is 1. The topological polar surface area (TPSA) is 51.7 Å². The van der Waals surface area contributed by atoms with Crippen molar-refractivity contribution in [3.63, 3.8) is 0 Å². The maximum Gasteiger partial charge on any atom is 0.264 e. The Labute approximate surface area is 174 Å². The van der Waals surface area contributed by atoms with E-state index in [1.165, 1.54) is 10.5 Å². The van der Waals surface area contributed by atoms with Gasteiger partial charge in [0.25, 0.3) is 5.91 Å². The van der Waals surface area contributed by atoms with Crippen molar-refractivity contribution < 1.29 is 14.3 Å². The highest BCUT2D eigenvalue weighted by Crippen LogP contribution is 2.31. The van der Waals surface area contributed by atoms with Gasteiger partial charge in [0.2, 0.25) is 0 Å². The molecule has 0 saturated carbocycles. The minimum absolute atomic E-state index is 0.0417. The average Bonchev–Trinajstić information content (AvgIpc) is 3.21. The summed E-state index contributed by atoms with van der Waals surface area (Å²) in [5.41, 5.74) is 3.04. The number of benzene rings is 2. The fraction of sp³-hybridized carbons (Fsp3) is 0.217. The predicted octanol–water partition coefficient (Wildman–Crippen LogP) is 4.35. The Morgan fingerprint density at radius 1 is 1.10 bits per heavy atom. The molecule has 2 aromatic carbocycles. The van der Waals surface area contributed by atoms with E-state index in [0.29, 0.717) is 23.8 Å². The Kier molecular flexibility index (Phi) is 6.00. The largest absolute Gasteiger partial charge is 0.491 e. The lowest BCUT2D eigenvalue weighted by atomic mass is 10.2. The van der Waals surface area contributed by atoms with Crippen LogP contribution in [0.1, 0.15) is 11.3 Å². The Balaban J connectivity index is 1.41. The van der Waals surface area contributed by atoms with Gasteiger partial charge in [-0.1, -0.05) is 36.4 Å². The molecule has 6 heteroatoms. The number of hydrogen-bond donors (Lipinski definition) is 0. The van der Waals surface area contributed by atoms with Crippen molar-refractivity contribution in [3.05, 3.63) is 78.1 Å². The first-order valence-corrected chi connectivity index (χ1v) is 10.4. The quantitative estimate of drug-likeness (QED) is 0.546. The minimum atomic E-state index is -0.0611. The molecule has 1 amide bonds. The highest BCUT2D eigenvalue weighted by Gasteiger charge is 2.24. The fourth-order valence-electron chi connectivity index (χ4n) is 3.30. The normalized spacial score (nSPS) is 12.5. The van der Waals surface area contributed by atoms with Crippen LogP contribution in [-0.2, 0) is 17.0 Å². The smallest absolute Gasteiger partial charge is 0.264 e. The number of para-hydroxylation sites is 1. The van der Waals surface area contributed by atoms with Crippen LogP contribution >= 0.6 is 11.8 Å². The van der Waals surface area contributed by atoms with Gasteiger partial charge in [0.05, 0.1) is 19.0 Å². The second-order valence-corrected chi connectivity index (χ2v) is 7.69. The summed E-state index contributed by atoms with van der Waals surface area (Å²) in [6, 6.07) is 20.0. The van der Waals surface area contributed by atoms with Crippen LogP contribution in [0.4, 0.5) is 5.69 Å². The van der Waals surface area contributed by atoms with Gasteiger partial charge in [-0.25, -0.2) is 0 Å². The number of methoxy groups -OCH3 is 1. The molecule has 1 aliphatic heterocycles. The minimum Gasteiger partial charge on any atom is -0.491 e. The van der Waals surface area contributed by atoms with Gasteiger partial charge in [-0.05, 0) is 30.2 Å². The van der Waals surface area contributed by atoms with Crippen molar-refractivity contribution in [2.24, 2.45) is 0 Å². The first-order valence-electron chi connectivity index (χ1n) is 9.46. The van der Waals surface area contributed by atoms with E-state index >= 15 is 0 Å². The zero-order valence-corrected chi connectivity index (χ0v) is 17.0. The van der Waals surface area contributed by atoms with Crippen molar-refractivity contribution >= 4 is 23.4 Å². The van der Waals surface area contributed by atoms with Gasteiger partial charge >= 0.3 is 0 Å². The highest BCUT2D eigenvalue weighted by molar-refractivity contribution is 7.98. The molecule has 148 valence electrons. The van der Waals surface area contributed by atoms with Crippen LogP contribution in [0, 0.1) is 0 Å². The lowest BCUT2D eigenvalue weighted by molar-refractivity contribution is -0.120. The van der Waals surface area contributed by atoms with Gasteiger partial charge in [0.15, 0.2) is 18.1 Å². The highest BCUT2D eigenvalue weighted by atomic mass is 32.2. The molecule has 0 bridgehead atoms. The maximum absolute atomic E-state index is 12.7. The number of pyridine rings is 1. The SMILES string of the molecule is COc1cnc(CSc2ccccc2)cc1OCC(=O)N1CCc2ccccc21. The Bertz CT molecular complexity index is 994. The summed E-state index contributed by atoms with van der Waals surface area (Å²) in [4.78, 5) is 20.1. The van der Waals surface area contributed by atoms with Crippen LogP contribution in [0.5, 0.6) is 11.5 Å². The van der Waals surface area contributed by atoms with Crippen LogP contribution in [0.3, 0.4) is 0 Å². The van der Waals surface area contributed by atoms with Crippen molar-refractivity contribution in [2.45, 2.75) is 17.1 Å². The third kappa shape index (κ3) is 4.54. The number of carbonyl (C=O) groups is 1. The number of amides is 1. The van der Waals surface area contributed by atoms with E-state index in [1.807, 2.05) is 42.5 Å². The maximum atomic E-state index is 12.7. The van der Waals surface area contributed by atoms with Crippen molar-refractivity contribution in [1.29, 1.82) is 0 Å². The third-order valence-corrected chi connectivity index (χ3v) is 5.82. The molecule has 0 atom stereocenters. The van der Waals surface area contributed by atoms with Crippen molar-refractivity contribution in [3.8, 4) is 11.5 Å². The van der Waals surface area contributed by atoms with E-state index < -0.39 is 0 Å². The van der Waals surface area contributed by atoms with Crippen LogP contribution < -0.4 is 14.4 Å². The lowest BCUT2D eigenvalue weighted by Crippen LogP contribution is -2.33. The number of anilines is 1. The molecule has 0 unspecified atom stereocenters. The first-order chi connectivity index (χ1) is 14.2. The molecule has 0 N–H and O–H groups in total. The zero-order valence-electron chi connectivity index (χ0n) is 16.2. The second-order valence-electron chi connectivity index (χ2n) is 6.64. The summed E-state index contributed by atoms with van der Waals surface area (Å²) >= 11 is 1.70. The Hall–Kier alpha value is -2.99. The number of thioether (sulfide) groups is 1. The monoisotopic (exact) mass is 406 g/mol. The third-order valence-electron chi connectivity index (χ3n) is 4.78. The summed E-state index contributed by atoms with van der Waals surface area (Å²) in [5, 5.41) is 0. The number of nitrogens with zero attached hydrogens (tertiary/aromatic N) is 2. The molecule has 29 heavy (non-hydrogen) atoms. The fourth-order valence-corrected chi connectivity index (χ4v) is 4.12. The summed E-state index contributed by atoms with van der Waals surface area (Å²) in [7, 11) is 1.57. The molecule has 0 radical (unpaired) electrons. The Morgan fingerprint density at radius 3 is 2.72 bits per heavy atom. The summed E-state index contributed by atoms with van der Waals surface area (Å²) < 4.78 is 11.2. The molecule has 0 fully saturated rings. The van der Waals surface area contributed by atoms with Crippen LogP contribution in [0.25, 0.3) is 0 Å². The molecule has 0 aliphatic carbocycles. The van der Waals surface area contributed by atoms with E-state index in [2.05, 4.69) is 23.2 Å². The first kappa shape index (κ1) is 19.3. The van der Waals surface area contributed by atoms with E-state index in [0.717, 1.165) is 17.8 Å². The molecular weight excluding hydrogens is 384 g/mol. The standard InChI is InChI=1S/C23H22N2O3S/c1-27-22-14-24-18(16-29-19-8-3-2-4-9-19)13-21(22)28-15-23(26)25-12-11-17-7-5-6-10-20(17)25/h2-10,13-14H,11-12,15-16H2,1H3. The number of aromatic nitrogens is 1. The average molecular weight is 407 g/mol. The molecule has 2 heterocycles. The molecule has 1 aromatic heterocycles. The van der Waals surface area contributed by atoms with E-state index in [9.17, 15) is 4.79 Å². The Morgan fingerprint density at radius 2 is 1.90 bits per heavy atom. The molecule has 1 aliphatic rings. The molecule has 3 aromatic rings. The van der Waals surface area contributed by atoms with E-state index in [4.69, 9.17) is 9.47 Å². The summed E-state index contributed by atoms with van der Waals surface area (Å²) in [5.74, 6) is 1.70. The lowest BCUT2D eigenvalue weighted by Gasteiger charge is -2.18. The predicted molar refractivity (Wildman–Crippen MR) is 115 cm³/mol. The van der Waals surface area contributed by atoms with Crippen molar-refractivity contribution in [2.75, 3.05) is 25.2 Å². The number of fused-ring (bicyclic) bond motifs is 1. The summed E-state index contributed by atoms with van der Waals surface area (Å²) in [6.45, 7) is 0.647. The van der Waals surface area contributed by atoms with Gasteiger partial charge < -0.3 is 14.4 Å². The number of hydrogen-bond acceptors (Lipinski definition) is 5. The molecule has 0 saturated heterocycles. The van der Waals surface area contributed by atoms with E-state index in [1.54, 1.807) is 30.0 Å². The van der Waals surface area contributed by atoms with Gasteiger partial charge in [0.1, 0.15) is 0 Å². The molecular formula is C23H22N2O3S. The van der Waals surface area contributed by atoms with Crippen LogP contribution in [0.15, 0.2) is 71.8 Å². The van der Waals surface area contributed by atoms with Crippen LogP contribution in [0.2, 0.25) is 0 Å². The molecule has 5 nitrogen and oxygen atoms in total. The molecule has 4 rings (SSSR count). The van der Waals surface area contributed by atoms with Crippen molar-refractivity contribution in [1.82, 2.24) is 4.98 Å². The van der Waals surface area contributed by atoms with E-state index in [-0.39, 0.29) is 12.5 Å². The summed E-state index contributed by atoms with van der Waals surface area (Å²) in [6.07, 6.45) is 2.52. The number of rotatable bonds is 7. The second kappa shape index (κ2) is 9.01. The van der Waals surface area contributed by atoms with Gasteiger partial charge in [-0.3, -0.25) is 9.78 Å². The van der Waals surface area contributed by atoms with Gasteiger partial charge in [-0.2, -0.15) is 0 Å². The van der Waals surface area contributed by atoms with Crippen LogP contribution in [-0.4, -0.2) is 31.2 Å².